The third-order valence-electron chi connectivity index (χ3n) is 3.76. The van der Waals surface area contributed by atoms with Crippen molar-refractivity contribution in [3.63, 3.8) is 0 Å². The Morgan fingerprint density at radius 2 is 1.97 bits per heavy atom. The van der Waals surface area contributed by atoms with E-state index in [1.165, 1.54) is 18.5 Å². The summed E-state index contributed by atoms with van der Waals surface area (Å²) in [5.74, 6) is -0.403. The highest BCUT2D eigenvalue weighted by molar-refractivity contribution is 7.10. The summed E-state index contributed by atoms with van der Waals surface area (Å²) in [7, 11) is 1.12. The first-order valence-corrected chi connectivity index (χ1v) is 9.01. The van der Waals surface area contributed by atoms with E-state index >= 15 is 0 Å². The Labute approximate surface area is 169 Å². The minimum absolute atomic E-state index is 0.139. The van der Waals surface area contributed by atoms with Gasteiger partial charge >= 0.3 is 6.18 Å². The zero-order chi connectivity index (χ0) is 20.6. The maximum Gasteiger partial charge on any atom is 0.421 e. The number of hydrogen-bond acceptors (Lipinski definition) is 9. The van der Waals surface area contributed by atoms with Crippen LogP contribution in [0.5, 0.6) is 5.88 Å². The molecule has 4 aromatic heterocycles. The predicted molar refractivity (Wildman–Crippen MR) is 100 cm³/mol. The van der Waals surface area contributed by atoms with Crippen LogP contribution in [0.1, 0.15) is 5.56 Å². The van der Waals surface area contributed by atoms with E-state index in [-0.39, 0.29) is 11.5 Å². The van der Waals surface area contributed by atoms with E-state index in [1.807, 2.05) is 0 Å². The van der Waals surface area contributed by atoms with Gasteiger partial charge in [0.2, 0.25) is 5.88 Å². The lowest BCUT2D eigenvalue weighted by molar-refractivity contribution is -0.139. The Balaban J connectivity index is 1.71. The van der Waals surface area contributed by atoms with Gasteiger partial charge in [-0.3, -0.25) is 0 Å². The number of ether oxygens (including phenoxy) is 1. The van der Waals surface area contributed by atoms with Gasteiger partial charge in [0.25, 0.3) is 0 Å². The standard InChI is InChI=1S/C16H9ClF3N7OS/c1-28-15-7(16(18,19)20)2-3-10(25-15)23-8-4-5-21-14-12(8)22-6-9(24-14)11-13(17)29-27-26-11/h2-6H,1H3,(H,21,23,24,25). The molecule has 0 aromatic carbocycles. The van der Waals surface area contributed by atoms with Crippen LogP contribution in [0.2, 0.25) is 4.34 Å². The predicted octanol–water partition coefficient (Wildman–Crippen LogP) is 4.36. The van der Waals surface area contributed by atoms with Crippen LogP contribution in [0.4, 0.5) is 24.7 Å². The third kappa shape index (κ3) is 3.76. The number of nitrogens with one attached hydrogen (secondary N) is 1. The average Bonchev–Trinajstić information content (AvgIpc) is 3.12. The van der Waals surface area contributed by atoms with E-state index in [1.54, 1.807) is 6.07 Å². The van der Waals surface area contributed by atoms with Crippen molar-refractivity contribution in [2.75, 3.05) is 12.4 Å². The maximum absolute atomic E-state index is 13.0. The molecule has 0 aliphatic rings. The Morgan fingerprint density at radius 1 is 1.14 bits per heavy atom. The van der Waals surface area contributed by atoms with Gasteiger partial charge in [0, 0.05) is 17.7 Å². The number of fused-ring (bicyclic) bond motifs is 1. The van der Waals surface area contributed by atoms with Crippen LogP contribution >= 0.6 is 23.1 Å². The number of hydrogen-bond donors (Lipinski definition) is 1. The molecule has 0 saturated heterocycles. The molecule has 0 aliphatic carbocycles. The fraction of sp³-hybridized carbons (Fsp3) is 0.125. The van der Waals surface area contributed by atoms with Gasteiger partial charge in [-0.25, -0.2) is 15.0 Å². The molecule has 4 aromatic rings. The van der Waals surface area contributed by atoms with Crippen molar-refractivity contribution in [2.45, 2.75) is 6.18 Å². The molecule has 0 fully saturated rings. The number of anilines is 2. The van der Waals surface area contributed by atoms with E-state index in [0.29, 0.717) is 26.9 Å². The van der Waals surface area contributed by atoms with Gasteiger partial charge in [-0.2, -0.15) is 18.2 Å². The van der Waals surface area contributed by atoms with Crippen molar-refractivity contribution >= 4 is 45.8 Å². The second kappa shape index (κ2) is 7.37. The van der Waals surface area contributed by atoms with Gasteiger partial charge in [0.1, 0.15) is 32.6 Å². The summed E-state index contributed by atoms with van der Waals surface area (Å²) in [6.07, 6.45) is -1.64. The molecule has 0 aliphatic heterocycles. The molecule has 0 atom stereocenters. The van der Waals surface area contributed by atoms with Crippen molar-refractivity contribution in [3.05, 3.63) is 40.5 Å². The van der Waals surface area contributed by atoms with Gasteiger partial charge in [-0.05, 0) is 18.2 Å². The van der Waals surface area contributed by atoms with Gasteiger partial charge in [0.05, 0.1) is 19.0 Å². The molecule has 148 valence electrons. The quantitative estimate of drug-likeness (QED) is 0.500. The third-order valence-corrected chi connectivity index (χ3v) is 4.66. The lowest BCUT2D eigenvalue weighted by Gasteiger charge is -2.13. The fourth-order valence-electron chi connectivity index (χ4n) is 2.49. The lowest BCUT2D eigenvalue weighted by atomic mass is 10.2. The number of halogens is 4. The van der Waals surface area contributed by atoms with Crippen LogP contribution in [-0.2, 0) is 6.18 Å². The SMILES string of the molecule is COc1nc(Nc2ccnc3nc(-c4nnsc4Cl)cnc23)ccc1C(F)(F)F. The van der Waals surface area contributed by atoms with E-state index in [4.69, 9.17) is 16.3 Å². The summed E-state index contributed by atoms with van der Waals surface area (Å²) in [5, 5.41) is 6.82. The monoisotopic (exact) mass is 439 g/mol. The first-order chi connectivity index (χ1) is 13.9. The van der Waals surface area contributed by atoms with Crippen molar-refractivity contribution in [1.29, 1.82) is 0 Å². The van der Waals surface area contributed by atoms with Crippen molar-refractivity contribution in [2.24, 2.45) is 0 Å². The van der Waals surface area contributed by atoms with Crippen LogP contribution < -0.4 is 10.1 Å². The lowest BCUT2D eigenvalue weighted by Crippen LogP contribution is -2.09. The number of alkyl halides is 3. The molecule has 29 heavy (non-hydrogen) atoms. The molecule has 0 bridgehead atoms. The first-order valence-electron chi connectivity index (χ1n) is 7.86. The summed E-state index contributed by atoms with van der Waals surface area (Å²) in [5.41, 5.74) is 0.941. The Hall–Kier alpha value is -3.12. The summed E-state index contributed by atoms with van der Waals surface area (Å²) < 4.78 is 47.9. The van der Waals surface area contributed by atoms with Gasteiger partial charge in [0.15, 0.2) is 5.65 Å². The number of methoxy groups -OCH3 is 1. The molecular weight excluding hydrogens is 431 g/mol. The van der Waals surface area contributed by atoms with Gasteiger partial charge < -0.3 is 10.1 Å². The number of rotatable bonds is 4. The molecule has 0 unspecified atom stereocenters. The molecule has 0 amide bonds. The fourth-order valence-corrected chi connectivity index (χ4v) is 3.14. The van der Waals surface area contributed by atoms with E-state index in [2.05, 4.69) is 34.8 Å². The van der Waals surface area contributed by atoms with Crippen LogP contribution in [0.25, 0.3) is 22.6 Å². The Kier molecular flexibility index (Phi) is 4.88. The maximum atomic E-state index is 13.0. The van der Waals surface area contributed by atoms with Crippen LogP contribution in [0.15, 0.2) is 30.6 Å². The van der Waals surface area contributed by atoms with Crippen LogP contribution in [0.3, 0.4) is 0 Å². The minimum atomic E-state index is -4.58. The highest BCUT2D eigenvalue weighted by Gasteiger charge is 2.35. The second-order valence-electron chi connectivity index (χ2n) is 5.56. The van der Waals surface area contributed by atoms with Gasteiger partial charge in [-0.1, -0.05) is 16.1 Å². The van der Waals surface area contributed by atoms with Crippen molar-refractivity contribution in [1.82, 2.24) is 29.5 Å². The molecule has 13 heteroatoms. The normalized spacial score (nSPS) is 11.6. The molecule has 8 nitrogen and oxygen atoms in total. The largest absolute Gasteiger partial charge is 0.481 e. The second-order valence-corrected chi connectivity index (χ2v) is 6.91. The molecule has 0 spiro atoms. The average molecular weight is 440 g/mol. The topological polar surface area (TPSA) is 98.6 Å². The zero-order valence-corrected chi connectivity index (χ0v) is 16.0. The number of pyridine rings is 2. The van der Waals surface area contributed by atoms with E-state index in [0.717, 1.165) is 24.7 Å². The molecular formula is C16H9ClF3N7OS. The minimum Gasteiger partial charge on any atom is -0.481 e. The van der Waals surface area contributed by atoms with Crippen LogP contribution in [-0.4, -0.2) is 36.6 Å². The molecule has 1 N–H and O–H groups in total. The molecule has 4 heterocycles. The van der Waals surface area contributed by atoms with Gasteiger partial charge in [-0.15, -0.1) is 5.10 Å². The summed E-state index contributed by atoms with van der Waals surface area (Å²) in [4.78, 5) is 16.7. The summed E-state index contributed by atoms with van der Waals surface area (Å²) in [6, 6.07) is 3.68. The molecule has 4 rings (SSSR count). The molecule has 0 saturated carbocycles. The Bertz CT molecular complexity index is 1200. The molecule has 0 radical (unpaired) electrons. The Morgan fingerprint density at radius 3 is 2.66 bits per heavy atom. The summed E-state index contributed by atoms with van der Waals surface area (Å²) in [6.45, 7) is 0. The number of nitrogens with zero attached hydrogens (tertiary/aromatic N) is 6. The highest BCUT2D eigenvalue weighted by atomic mass is 35.5. The first kappa shape index (κ1) is 19.2. The van der Waals surface area contributed by atoms with Crippen molar-refractivity contribution < 1.29 is 17.9 Å². The smallest absolute Gasteiger partial charge is 0.421 e. The number of aromatic nitrogens is 6. The highest BCUT2D eigenvalue weighted by Crippen LogP contribution is 2.36. The van der Waals surface area contributed by atoms with Crippen molar-refractivity contribution in [3.8, 4) is 17.3 Å². The van der Waals surface area contributed by atoms with Crippen LogP contribution in [0, 0.1) is 0 Å². The van der Waals surface area contributed by atoms with E-state index in [9.17, 15) is 13.2 Å². The van der Waals surface area contributed by atoms with E-state index < -0.39 is 17.6 Å². The zero-order valence-electron chi connectivity index (χ0n) is 14.4. The summed E-state index contributed by atoms with van der Waals surface area (Å²) >= 11 is 7.05.